The molecule has 0 bridgehead atoms. The van der Waals surface area contributed by atoms with Crippen LogP contribution in [0.25, 0.3) is 0 Å². The Kier molecular flexibility index (Phi) is 4.68. The molecule has 0 aliphatic carbocycles. The van der Waals surface area contributed by atoms with E-state index in [9.17, 15) is 18.0 Å². The van der Waals surface area contributed by atoms with Crippen molar-refractivity contribution in [2.75, 3.05) is 13.7 Å². The Morgan fingerprint density at radius 1 is 1.41 bits per heavy atom. The summed E-state index contributed by atoms with van der Waals surface area (Å²) in [7, 11) is 1.53. The molecular weight excluding hydrogens is 295 g/mol. The third-order valence-electron chi connectivity index (χ3n) is 4.08. The molecule has 0 radical (unpaired) electrons. The molecule has 22 heavy (non-hydrogen) atoms. The molecule has 0 spiro atoms. The van der Waals surface area contributed by atoms with Crippen molar-refractivity contribution in [3.63, 3.8) is 0 Å². The number of rotatable bonds is 3. The lowest BCUT2D eigenvalue weighted by atomic mass is 9.88. The Hall–Kier alpha value is -1.72. The molecule has 1 aromatic rings. The Bertz CT molecular complexity index is 569. The van der Waals surface area contributed by atoms with Gasteiger partial charge in [-0.2, -0.15) is 13.2 Å². The highest BCUT2D eigenvalue weighted by Crippen LogP contribution is 2.38. The van der Waals surface area contributed by atoms with Gasteiger partial charge < -0.3 is 9.64 Å². The fraction of sp³-hybridized carbons (Fsp3) is 0.562. The zero-order valence-corrected chi connectivity index (χ0v) is 13.0. The highest BCUT2D eigenvalue weighted by molar-refractivity contribution is 5.82. The predicted octanol–water partition coefficient (Wildman–Crippen LogP) is 3.79. The molecule has 3 nitrogen and oxygen atoms in total. The number of fused-ring (bicyclic) bond motifs is 1. The van der Waals surface area contributed by atoms with Crippen LogP contribution in [0, 0.1) is 6.92 Å². The van der Waals surface area contributed by atoms with E-state index in [2.05, 4.69) is 0 Å². The molecule has 1 heterocycles. The normalized spacial score (nSPS) is 18.1. The number of benzene rings is 1. The minimum Gasteiger partial charge on any atom is -0.496 e. The Balaban J connectivity index is 2.45. The second-order valence-electron chi connectivity index (χ2n) is 5.57. The first-order chi connectivity index (χ1) is 10.3. The molecule has 2 rings (SSSR count). The van der Waals surface area contributed by atoms with Crippen molar-refractivity contribution in [3.8, 4) is 5.75 Å². The van der Waals surface area contributed by atoms with Gasteiger partial charge >= 0.3 is 12.1 Å². The van der Waals surface area contributed by atoms with Crippen LogP contribution in [0.5, 0.6) is 5.75 Å². The number of carbonyl (C=O) groups is 1. The summed E-state index contributed by atoms with van der Waals surface area (Å²) in [5.74, 6) is -1.11. The van der Waals surface area contributed by atoms with E-state index in [0.717, 1.165) is 21.6 Å². The van der Waals surface area contributed by atoms with E-state index < -0.39 is 18.1 Å². The summed E-state index contributed by atoms with van der Waals surface area (Å²) < 4.78 is 43.7. The maximum absolute atomic E-state index is 12.8. The number of amides is 1. The highest BCUT2D eigenvalue weighted by atomic mass is 19.4. The van der Waals surface area contributed by atoms with Gasteiger partial charge in [0.15, 0.2) is 0 Å². The van der Waals surface area contributed by atoms with Crippen molar-refractivity contribution in [1.29, 1.82) is 0 Å². The van der Waals surface area contributed by atoms with Crippen molar-refractivity contribution in [2.24, 2.45) is 0 Å². The summed E-state index contributed by atoms with van der Waals surface area (Å²) in [6, 6.07) is 3.19. The van der Waals surface area contributed by atoms with Gasteiger partial charge in [-0.3, -0.25) is 4.79 Å². The SMILES string of the molecule is CCCC1c2cc(OC)c(C)cc2CCN1C(=O)C(F)(F)F. The maximum Gasteiger partial charge on any atom is 0.471 e. The highest BCUT2D eigenvalue weighted by Gasteiger charge is 2.46. The number of alkyl halides is 3. The van der Waals surface area contributed by atoms with Crippen molar-refractivity contribution >= 4 is 5.91 Å². The van der Waals surface area contributed by atoms with Crippen molar-refractivity contribution < 1.29 is 22.7 Å². The largest absolute Gasteiger partial charge is 0.496 e. The van der Waals surface area contributed by atoms with Gasteiger partial charge in [0, 0.05) is 6.54 Å². The molecule has 1 unspecified atom stereocenters. The van der Waals surface area contributed by atoms with Crippen LogP contribution in [0.2, 0.25) is 0 Å². The van der Waals surface area contributed by atoms with Crippen LogP contribution in [0.1, 0.15) is 42.5 Å². The molecule has 0 N–H and O–H groups in total. The summed E-state index contributed by atoms with van der Waals surface area (Å²) >= 11 is 0. The van der Waals surface area contributed by atoms with Crippen molar-refractivity contribution in [1.82, 2.24) is 4.90 Å². The Labute approximate surface area is 128 Å². The molecule has 1 amide bonds. The second-order valence-corrected chi connectivity index (χ2v) is 5.57. The summed E-state index contributed by atoms with van der Waals surface area (Å²) in [4.78, 5) is 12.7. The first kappa shape index (κ1) is 16.6. The van der Waals surface area contributed by atoms with Crippen LogP contribution in [0.3, 0.4) is 0 Å². The van der Waals surface area contributed by atoms with Gasteiger partial charge in [-0.15, -0.1) is 0 Å². The fourth-order valence-corrected chi connectivity index (χ4v) is 3.07. The van der Waals surface area contributed by atoms with Gasteiger partial charge in [-0.25, -0.2) is 0 Å². The third-order valence-corrected chi connectivity index (χ3v) is 4.08. The molecule has 0 aromatic heterocycles. The number of hydrogen-bond acceptors (Lipinski definition) is 2. The minimum atomic E-state index is -4.84. The number of methoxy groups -OCH3 is 1. The van der Waals surface area contributed by atoms with Gasteiger partial charge in [0.25, 0.3) is 0 Å². The Morgan fingerprint density at radius 2 is 2.09 bits per heavy atom. The fourth-order valence-electron chi connectivity index (χ4n) is 3.07. The molecular formula is C16H20F3NO2. The van der Waals surface area contributed by atoms with Gasteiger partial charge in [0.2, 0.25) is 0 Å². The van der Waals surface area contributed by atoms with Crippen LogP contribution in [-0.2, 0) is 11.2 Å². The van der Waals surface area contributed by atoms with E-state index in [1.807, 2.05) is 19.9 Å². The van der Waals surface area contributed by atoms with Crippen LogP contribution in [0.4, 0.5) is 13.2 Å². The van der Waals surface area contributed by atoms with Gasteiger partial charge in [-0.1, -0.05) is 19.4 Å². The summed E-state index contributed by atoms with van der Waals surface area (Å²) in [6.45, 7) is 3.90. The van der Waals surface area contributed by atoms with Crippen LogP contribution >= 0.6 is 0 Å². The minimum absolute atomic E-state index is 0.0990. The molecule has 0 fully saturated rings. The Morgan fingerprint density at radius 3 is 2.64 bits per heavy atom. The lowest BCUT2D eigenvalue weighted by Crippen LogP contribution is -2.46. The van der Waals surface area contributed by atoms with Gasteiger partial charge in [0.1, 0.15) is 5.75 Å². The van der Waals surface area contributed by atoms with Gasteiger partial charge in [0.05, 0.1) is 13.2 Å². The summed E-state index contributed by atoms with van der Waals surface area (Å²) in [5, 5.41) is 0. The molecule has 0 saturated heterocycles. The molecule has 1 aromatic carbocycles. The van der Waals surface area contributed by atoms with E-state index >= 15 is 0 Å². The summed E-state index contributed by atoms with van der Waals surface area (Å²) in [6.07, 6.45) is -3.20. The van der Waals surface area contributed by atoms with E-state index in [0.29, 0.717) is 25.0 Å². The third kappa shape index (κ3) is 3.05. The van der Waals surface area contributed by atoms with E-state index in [1.54, 1.807) is 6.07 Å². The molecule has 122 valence electrons. The topological polar surface area (TPSA) is 29.5 Å². The van der Waals surface area contributed by atoms with Crippen LogP contribution < -0.4 is 4.74 Å². The maximum atomic E-state index is 12.8. The first-order valence-electron chi connectivity index (χ1n) is 7.34. The van der Waals surface area contributed by atoms with Crippen LogP contribution in [-0.4, -0.2) is 30.6 Å². The molecule has 1 aliphatic heterocycles. The number of aryl methyl sites for hydroxylation is 1. The quantitative estimate of drug-likeness (QED) is 0.849. The lowest BCUT2D eigenvalue weighted by Gasteiger charge is -2.38. The van der Waals surface area contributed by atoms with Crippen LogP contribution in [0.15, 0.2) is 12.1 Å². The molecule has 0 saturated carbocycles. The monoisotopic (exact) mass is 315 g/mol. The average Bonchev–Trinajstić information content (AvgIpc) is 2.45. The number of nitrogens with zero attached hydrogens (tertiary/aromatic N) is 1. The summed E-state index contributed by atoms with van der Waals surface area (Å²) in [5.41, 5.74) is 2.73. The van der Waals surface area contributed by atoms with E-state index in [4.69, 9.17) is 4.74 Å². The van der Waals surface area contributed by atoms with E-state index in [-0.39, 0.29) is 6.54 Å². The predicted molar refractivity (Wildman–Crippen MR) is 76.9 cm³/mol. The molecule has 6 heteroatoms. The standard InChI is InChI=1S/C16H20F3NO2/c1-4-5-13-12-9-14(22-3)10(2)8-11(12)6-7-20(13)15(21)16(17,18)19/h8-9,13H,4-7H2,1-3H3. The number of halogens is 3. The average molecular weight is 315 g/mol. The second kappa shape index (κ2) is 6.18. The van der Waals surface area contributed by atoms with Gasteiger partial charge in [-0.05, 0) is 42.5 Å². The number of ether oxygens (including phenoxy) is 1. The van der Waals surface area contributed by atoms with Crippen molar-refractivity contribution in [2.45, 2.75) is 45.3 Å². The van der Waals surface area contributed by atoms with E-state index in [1.165, 1.54) is 7.11 Å². The zero-order valence-electron chi connectivity index (χ0n) is 13.0. The molecule has 1 atom stereocenters. The smallest absolute Gasteiger partial charge is 0.471 e. The lowest BCUT2D eigenvalue weighted by molar-refractivity contribution is -0.188. The first-order valence-corrected chi connectivity index (χ1v) is 7.34. The van der Waals surface area contributed by atoms with Crippen molar-refractivity contribution in [3.05, 3.63) is 28.8 Å². The molecule has 1 aliphatic rings. The number of hydrogen-bond donors (Lipinski definition) is 0. The number of carbonyl (C=O) groups excluding carboxylic acids is 1. The zero-order chi connectivity index (χ0) is 16.5.